The van der Waals surface area contributed by atoms with Gasteiger partial charge in [-0.25, -0.2) is 0 Å². The van der Waals surface area contributed by atoms with Gasteiger partial charge in [-0.2, -0.15) is 0 Å². The standard InChI is InChI=1S/C37H23BN2.2FH.HI/c1-3-13-26(14-4-1)36-34-28-17-9-7-11-24(28)19-21-30(34)32-23-33-31-22-20-25-12-8-10-18-29(25)35(31)37(40(33)38-39(32)36)27-15-5-2-6-16-27;;;/h1-23H;3*1H/q+1;;;. The molecule has 43 heavy (non-hydrogen) atoms. The second-order valence-electron chi connectivity index (χ2n) is 10.6. The highest BCUT2D eigenvalue weighted by molar-refractivity contribution is 14.0. The molecule has 0 aliphatic carbocycles. The van der Waals surface area contributed by atoms with Crippen molar-refractivity contribution in [2.24, 2.45) is 0 Å². The van der Waals surface area contributed by atoms with E-state index in [0.29, 0.717) is 0 Å². The van der Waals surface area contributed by atoms with E-state index in [1.165, 1.54) is 77.4 Å². The van der Waals surface area contributed by atoms with Gasteiger partial charge < -0.3 is 4.48 Å². The summed E-state index contributed by atoms with van der Waals surface area (Å²) in [5, 5.41) is 7.66. The summed E-state index contributed by atoms with van der Waals surface area (Å²) in [4.78, 5) is 0. The Kier molecular flexibility index (Phi) is 7.26. The van der Waals surface area contributed by atoms with Gasteiger partial charge in [0.15, 0.2) is 11.4 Å². The Morgan fingerprint density at radius 1 is 0.535 bits per heavy atom. The summed E-state index contributed by atoms with van der Waals surface area (Å²) in [6.45, 7) is 0. The number of rotatable bonds is 2. The van der Waals surface area contributed by atoms with Crippen LogP contribution in [-0.2, 0) is 0 Å². The molecule has 1 aromatic heterocycles. The second-order valence-corrected chi connectivity index (χ2v) is 10.6. The first-order valence-corrected chi connectivity index (χ1v) is 13.8. The molecule has 1 radical (unpaired) electrons. The molecule has 207 valence electrons. The number of hydrogen-bond acceptors (Lipinski definition) is 0. The lowest BCUT2D eigenvalue weighted by atomic mass is 9.93. The number of fused-ring (bicyclic) bond motifs is 10. The van der Waals surface area contributed by atoms with Crippen LogP contribution < -0.4 is 0 Å². The minimum absolute atomic E-state index is 0. The maximum absolute atomic E-state index is 2.41. The molecule has 0 amide bonds. The first-order chi connectivity index (χ1) is 19.9. The first-order valence-electron chi connectivity index (χ1n) is 13.8. The fourth-order valence-corrected chi connectivity index (χ4v) is 6.76. The third kappa shape index (κ3) is 4.08. The summed E-state index contributed by atoms with van der Waals surface area (Å²) in [6, 6.07) is 48.2. The minimum atomic E-state index is 0. The predicted molar refractivity (Wildman–Crippen MR) is 188 cm³/mol. The van der Waals surface area contributed by atoms with Crippen LogP contribution in [-0.4, -0.2) is 22.2 Å². The molecule has 0 N–H and O–H groups in total. The van der Waals surface area contributed by atoms with Crippen molar-refractivity contribution in [3.8, 4) is 11.3 Å². The fourth-order valence-electron chi connectivity index (χ4n) is 6.76. The number of nitrogens with zero attached hydrogens (tertiary/aromatic N) is 2. The van der Waals surface area contributed by atoms with Gasteiger partial charge in [0.05, 0.1) is 11.1 Å². The van der Waals surface area contributed by atoms with E-state index in [2.05, 4.69) is 156 Å². The van der Waals surface area contributed by atoms with Crippen LogP contribution in [0.3, 0.4) is 0 Å². The molecule has 3 heterocycles. The zero-order chi connectivity index (χ0) is 26.2. The van der Waals surface area contributed by atoms with Crippen molar-refractivity contribution in [2.45, 2.75) is 0 Å². The highest BCUT2D eigenvalue weighted by Gasteiger charge is 2.43. The van der Waals surface area contributed by atoms with E-state index in [0.717, 1.165) is 0 Å². The van der Waals surface area contributed by atoms with Crippen LogP contribution in [0, 0.1) is 0 Å². The van der Waals surface area contributed by atoms with Gasteiger partial charge >= 0.3 is 7.55 Å². The summed E-state index contributed by atoms with van der Waals surface area (Å²) in [5.41, 5.74) is 9.90. The molecule has 2 nitrogen and oxygen atoms in total. The quantitative estimate of drug-likeness (QED) is 0.128. The largest absolute Gasteiger partial charge is 0.700 e. The van der Waals surface area contributed by atoms with E-state index in [9.17, 15) is 0 Å². The number of halogens is 3. The van der Waals surface area contributed by atoms with Crippen LogP contribution in [0.4, 0.5) is 9.41 Å². The van der Waals surface area contributed by atoms with Gasteiger partial charge in [0.1, 0.15) is 0 Å². The predicted octanol–water partition coefficient (Wildman–Crippen LogP) is 9.30. The normalized spacial score (nSPS) is 12.8. The lowest BCUT2D eigenvalue weighted by Gasteiger charge is -2.14. The Hall–Kier alpha value is -4.56. The van der Waals surface area contributed by atoms with Crippen LogP contribution in [0.1, 0.15) is 22.4 Å². The number of hydrogen-bond donors (Lipinski definition) is 0. The van der Waals surface area contributed by atoms with E-state index in [1.54, 1.807) is 0 Å². The average molecular weight is 674 g/mol. The Morgan fingerprint density at radius 2 is 1.12 bits per heavy atom. The van der Waals surface area contributed by atoms with Gasteiger partial charge in [0.25, 0.3) is 0 Å². The summed E-state index contributed by atoms with van der Waals surface area (Å²) >= 11 is 0. The number of aromatic nitrogens is 1. The molecular weight excluding hydrogens is 648 g/mol. The van der Waals surface area contributed by atoms with Crippen molar-refractivity contribution in [1.82, 2.24) is 4.48 Å². The van der Waals surface area contributed by atoms with Crippen molar-refractivity contribution >= 4 is 81.3 Å². The molecular formula is C37H26BF2IN2+. The van der Waals surface area contributed by atoms with E-state index in [-0.39, 0.29) is 33.4 Å². The summed E-state index contributed by atoms with van der Waals surface area (Å²) in [5.74, 6) is 0. The SMILES string of the molecule is F.F.I.[B]1n2c(c3ccc4ccccc4c3c2-c2ccccc2)C=C2c3ccc4ccccc4c3C(c3ccccc3)=[N+]12. The van der Waals surface area contributed by atoms with Crippen molar-refractivity contribution in [1.29, 1.82) is 0 Å². The van der Waals surface area contributed by atoms with Gasteiger partial charge in [-0.05, 0) is 45.3 Å². The van der Waals surface area contributed by atoms with Gasteiger partial charge in [0.2, 0.25) is 0 Å². The maximum Gasteiger partial charge on any atom is 0.700 e. The number of benzene rings is 6. The molecule has 6 heteroatoms. The van der Waals surface area contributed by atoms with Gasteiger partial charge in [-0.3, -0.25) is 13.9 Å². The fraction of sp³-hybridized carbons (Fsp3) is 0. The molecule has 0 bridgehead atoms. The minimum Gasteiger partial charge on any atom is -0.317 e. The lowest BCUT2D eigenvalue weighted by molar-refractivity contribution is -0.264. The third-order valence-corrected chi connectivity index (χ3v) is 8.48. The van der Waals surface area contributed by atoms with Crippen LogP contribution in [0.2, 0.25) is 0 Å². The Labute approximate surface area is 265 Å². The van der Waals surface area contributed by atoms with E-state index in [4.69, 9.17) is 0 Å². The summed E-state index contributed by atoms with van der Waals surface area (Å²) in [6.07, 6.45) is 2.40. The van der Waals surface area contributed by atoms with Gasteiger partial charge in [0, 0.05) is 33.8 Å². The topological polar surface area (TPSA) is 7.94 Å². The Balaban J connectivity index is 0.00000110. The van der Waals surface area contributed by atoms with Crippen LogP contribution in [0.25, 0.3) is 55.3 Å². The Bertz CT molecular complexity index is 2240. The Morgan fingerprint density at radius 3 is 1.84 bits per heavy atom. The smallest absolute Gasteiger partial charge is 0.317 e. The zero-order valence-electron chi connectivity index (χ0n) is 23.0. The zero-order valence-corrected chi connectivity index (χ0v) is 25.3. The van der Waals surface area contributed by atoms with Crippen molar-refractivity contribution < 1.29 is 13.9 Å². The van der Waals surface area contributed by atoms with E-state index in [1.807, 2.05) is 0 Å². The lowest BCUT2D eigenvalue weighted by Crippen LogP contribution is -2.29. The molecule has 2 aliphatic heterocycles. The molecule has 0 saturated heterocycles. The average Bonchev–Trinajstić information content (AvgIpc) is 3.53. The molecule has 0 unspecified atom stereocenters. The molecule has 7 aromatic rings. The molecule has 0 fully saturated rings. The van der Waals surface area contributed by atoms with Crippen molar-refractivity contribution in [3.05, 3.63) is 156 Å². The molecule has 2 aliphatic rings. The maximum atomic E-state index is 2.41. The van der Waals surface area contributed by atoms with Crippen molar-refractivity contribution in [2.75, 3.05) is 0 Å². The monoisotopic (exact) mass is 674 g/mol. The van der Waals surface area contributed by atoms with Crippen LogP contribution in [0.5, 0.6) is 0 Å². The van der Waals surface area contributed by atoms with Gasteiger partial charge in [-0.15, -0.1) is 24.0 Å². The van der Waals surface area contributed by atoms with Crippen LogP contribution >= 0.6 is 24.0 Å². The highest BCUT2D eigenvalue weighted by Crippen LogP contribution is 2.44. The highest BCUT2D eigenvalue weighted by atomic mass is 127. The molecule has 9 rings (SSSR count). The van der Waals surface area contributed by atoms with Crippen LogP contribution in [0.15, 0.2) is 133 Å². The second kappa shape index (κ2) is 10.9. The van der Waals surface area contributed by atoms with E-state index >= 15 is 0 Å². The third-order valence-electron chi connectivity index (χ3n) is 8.48. The summed E-state index contributed by atoms with van der Waals surface area (Å²) < 4.78 is 4.82. The first kappa shape index (κ1) is 28.6. The van der Waals surface area contributed by atoms with Gasteiger partial charge in [-0.1, -0.05) is 115 Å². The molecule has 0 spiro atoms. The summed E-state index contributed by atoms with van der Waals surface area (Å²) in [7, 11) is 2.32. The van der Waals surface area contributed by atoms with E-state index < -0.39 is 0 Å². The molecule has 6 aromatic carbocycles. The molecule has 0 atom stereocenters. The van der Waals surface area contributed by atoms with Crippen molar-refractivity contribution in [3.63, 3.8) is 0 Å². The molecule has 0 saturated carbocycles.